The van der Waals surface area contributed by atoms with Gasteiger partial charge in [-0.15, -0.1) is 0 Å². The third-order valence-corrected chi connectivity index (χ3v) is 4.62. The van der Waals surface area contributed by atoms with Gasteiger partial charge in [0.1, 0.15) is 11.6 Å². The molecule has 19 heavy (non-hydrogen) atoms. The van der Waals surface area contributed by atoms with E-state index in [-0.39, 0.29) is 5.41 Å². The number of rotatable bonds is 5. The average molecular weight is 259 g/mol. The molecular weight excluding hydrogens is 234 g/mol. The zero-order valence-corrected chi connectivity index (χ0v) is 12.2. The van der Waals surface area contributed by atoms with E-state index in [9.17, 15) is 0 Å². The molecular formula is C16H25N3. The van der Waals surface area contributed by atoms with E-state index in [2.05, 4.69) is 25.2 Å². The van der Waals surface area contributed by atoms with E-state index in [1.807, 2.05) is 0 Å². The highest BCUT2D eigenvalue weighted by atomic mass is 15.0. The Labute approximate surface area is 116 Å². The van der Waals surface area contributed by atoms with Crippen LogP contribution in [0.2, 0.25) is 0 Å². The highest BCUT2D eigenvalue weighted by Crippen LogP contribution is 2.46. The summed E-state index contributed by atoms with van der Waals surface area (Å²) in [6.45, 7) is 5.48. The van der Waals surface area contributed by atoms with Gasteiger partial charge in [0.05, 0.1) is 0 Å². The Kier molecular flexibility index (Phi) is 3.46. The number of anilines is 1. The van der Waals surface area contributed by atoms with Gasteiger partial charge < -0.3 is 5.32 Å². The molecule has 3 heteroatoms. The lowest BCUT2D eigenvalue weighted by molar-refractivity contribution is 0.650. The predicted molar refractivity (Wildman–Crippen MR) is 78.6 cm³/mol. The van der Waals surface area contributed by atoms with Gasteiger partial charge in [-0.05, 0) is 32.1 Å². The van der Waals surface area contributed by atoms with Crippen LogP contribution in [0.3, 0.4) is 0 Å². The first-order valence-corrected chi connectivity index (χ1v) is 7.84. The predicted octanol–water partition coefficient (Wildman–Crippen LogP) is 4.01. The number of aromatic nitrogens is 2. The van der Waals surface area contributed by atoms with E-state index in [1.54, 1.807) is 0 Å². The van der Waals surface area contributed by atoms with Crippen molar-refractivity contribution < 1.29 is 0 Å². The largest absolute Gasteiger partial charge is 0.370 e. The van der Waals surface area contributed by atoms with Crippen molar-refractivity contribution in [3.63, 3.8) is 0 Å². The maximum Gasteiger partial charge on any atom is 0.136 e. The minimum atomic E-state index is 0.261. The lowest BCUT2D eigenvalue weighted by Gasteiger charge is -2.16. The second-order valence-corrected chi connectivity index (χ2v) is 6.47. The molecule has 0 saturated heterocycles. The maximum atomic E-state index is 4.91. The van der Waals surface area contributed by atoms with Gasteiger partial charge in [-0.1, -0.05) is 26.7 Å². The second-order valence-electron chi connectivity index (χ2n) is 6.47. The highest BCUT2D eigenvalue weighted by molar-refractivity contribution is 5.39. The van der Waals surface area contributed by atoms with Crippen LogP contribution in [0.4, 0.5) is 5.82 Å². The van der Waals surface area contributed by atoms with Gasteiger partial charge in [-0.25, -0.2) is 9.97 Å². The minimum absolute atomic E-state index is 0.261. The van der Waals surface area contributed by atoms with Crippen LogP contribution in [0.5, 0.6) is 0 Å². The van der Waals surface area contributed by atoms with E-state index >= 15 is 0 Å². The van der Waals surface area contributed by atoms with Crippen molar-refractivity contribution in [1.29, 1.82) is 0 Å². The maximum absolute atomic E-state index is 4.91. The van der Waals surface area contributed by atoms with Crippen molar-refractivity contribution in [2.24, 2.45) is 0 Å². The van der Waals surface area contributed by atoms with Crippen molar-refractivity contribution in [1.82, 2.24) is 9.97 Å². The first-order chi connectivity index (χ1) is 9.21. The van der Waals surface area contributed by atoms with Crippen molar-refractivity contribution >= 4 is 5.82 Å². The Morgan fingerprint density at radius 1 is 1.26 bits per heavy atom. The second kappa shape index (κ2) is 5.10. The van der Waals surface area contributed by atoms with Crippen LogP contribution in [0.15, 0.2) is 6.07 Å². The Morgan fingerprint density at radius 3 is 2.63 bits per heavy atom. The smallest absolute Gasteiger partial charge is 0.136 e. The fourth-order valence-electron chi connectivity index (χ4n) is 2.92. The summed E-state index contributed by atoms with van der Waals surface area (Å²) in [5.41, 5.74) is 1.55. The molecule has 2 saturated carbocycles. The summed E-state index contributed by atoms with van der Waals surface area (Å²) < 4.78 is 0. The molecule has 1 aromatic rings. The van der Waals surface area contributed by atoms with Gasteiger partial charge >= 0.3 is 0 Å². The zero-order valence-electron chi connectivity index (χ0n) is 12.2. The third kappa shape index (κ3) is 2.75. The first-order valence-electron chi connectivity index (χ1n) is 7.84. The van der Waals surface area contributed by atoms with Gasteiger partial charge in [0, 0.05) is 29.6 Å². The molecule has 2 fully saturated rings. The van der Waals surface area contributed by atoms with Crippen molar-refractivity contribution in [2.45, 2.75) is 70.1 Å². The van der Waals surface area contributed by atoms with E-state index in [4.69, 9.17) is 9.97 Å². The van der Waals surface area contributed by atoms with Crippen LogP contribution in [0.25, 0.3) is 0 Å². The fraction of sp³-hybridized carbons (Fsp3) is 0.750. The van der Waals surface area contributed by atoms with Gasteiger partial charge in [0.25, 0.3) is 0 Å². The van der Waals surface area contributed by atoms with Crippen molar-refractivity contribution in [2.75, 3.05) is 11.9 Å². The topological polar surface area (TPSA) is 37.8 Å². The average Bonchev–Trinajstić information content (AvgIpc) is 2.96. The molecule has 3 rings (SSSR count). The van der Waals surface area contributed by atoms with Crippen LogP contribution in [-0.2, 0) is 5.41 Å². The van der Waals surface area contributed by atoms with Gasteiger partial charge in [0.2, 0.25) is 0 Å². The summed E-state index contributed by atoms with van der Waals surface area (Å²) in [5, 5.41) is 3.45. The molecule has 0 aromatic carbocycles. The minimum Gasteiger partial charge on any atom is -0.370 e. The number of hydrogen-bond acceptors (Lipinski definition) is 3. The van der Waals surface area contributed by atoms with E-state index in [1.165, 1.54) is 44.2 Å². The van der Waals surface area contributed by atoms with E-state index in [0.29, 0.717) is 5.92 Å². The molecule has 2 aliphatic rings. The molecule has 0 amide bonds. The molecule has 1 heterocycles. The van der Waals surface area contributed by atoms with Gasteiger partial charge in [0.15, 0.2) is 0 Å². The molecule has 1 aromatic heterocycles. The monoisotopic (exact) mass is 259 g/mol. The summed E-state index contributed by atoms with van der Waals surface area (Å²) in [6.07, 6.45) is 8.96. The summed E-state index contributed by atoms with van der Waals surface area (Å²) in [5.74, 6) is 2.80. The Balaban J connectivity index is 1.89. The molecule has 0 atom stereocenters. The normalized spacial score (nSPS) is 21.6. The molecule has 0 bridgehead atoms. The highest BCUT2D eigenvalue weighted by Gasteiger charge is 2.42. The molecule has 2 aliphatic carbocycles. The summed E-state index contributed by atoms with van der Waals surface area (Å²) in [6, 6.07) is 2.20. The van der Waals surface area contributed by atoms with Crippen LogP contribution < -0.4 is 5.32 Å². The lowest BCUT2D eigenvalue weighted by Crippen LogP contribution is -2.13. The van der Waals surface area contributed by atoms with Crippen molar-refractivity contribution in [3.8, 4) is 0 Å². The van der Waals surface area contributed by atoms with Crippen LogP contribution in [0.1, 0.15) is 76.2 Å². The molecule has 3 nitrogen and oxygen atoms in total. The summed E-state index contributed by atoms with van der Waals surface area (Å²) >= 11 is 0. The number of nitrogens with one attached hydrogen (secondary N) is 1. The third-order valence-electron chi connectivity index (χ3n) is 4.62. The van der Waals surface area contributed by atoms with E-state index < -0.39 is 0 Å². The number of nitrogens with zero attached hydrogens (tertiary/aromatic N) is 2. The van der Waals surface area contributed by atoms with Gasteiger partial charge in [-0.2, -0.15) is 0 Å². The molecule has 104 valence electrons. The summed E-state index contributed by atoms with van der Waals surface area (Å²) in [7, 11) is 0. The van der Waals surface area contributed by atoms with Crippen molar-refractivity contribution in [3.05, 3.63) is 17.6 Å². The zero-order chi connectivity index (χ0) is 13.3. The fourth-order valence-corrected chi connectivity index (χ4v) is 2.92. The Bertz CT molecular complexity index is 445. The molecule has 0 radical (unpaired) electrons. The molecule has 0 spiro atoms. The molecule has 1 N–H and O–H groups in total. The first kappa shape index (κ1) is 12.9. The standard InChI is InChI=1S/C16H25N3/c1-3-10-17-14-11-13(12-6-4-5-7-12)18-15(19-14)16(2)8-9-16/h11-12H,3-10H2,1-2H3,(H,17,18,19). The SMILES string of the molecule is CCCNc1cc(C2CCCC2)nc(C2(C)CC2)n1. The van der Waals surface area contributed by atoms with Crippen LogP contribution in [-0.4, -0.2) is 16.5 Å². The quantitative estimate of drug-likeness (QED) is 0.868. The Morgan fingerprint density at radius 2 is 2.00 bits per heavy atom. The Hall–Kier alpha value is -1.12. The molecule has 0 aliphatic heterocycles. The van der Waals surface area contributed by atoms with E-state index in [0.717, 1.165) is 24.6 Å². The van der Waals surface area contributed by atoms with Crippen LogP contribution >= 0.6 is 0 Å². The lowest BCUT2D eigenvalue weighted by atomic mass is 10.0. The number of hydrogen-bond donors (Lipinski definition) is 1. The summed E-state index contributed by atoms with van der Waals surface area (Å²) in [4.78, 5) is 9.66. The van der Waals surface area contributed by atoms with Gasteiger partial charge in [-0.3, -0.25) is 0 Å². The van der Waals surface area contributed by atoms with Crippen LogP contribution in [0, 0.1) is 0 Å². The molecule has 0 unspecified atom stereocenters.